The SMILES string of the molecule is CCOC(=O)C(O)c1c(C(F)(F)F)nn(C2CCCCC2)c1-c1ccc2c(c1)CCCO2. The molecule has 0 bridgehead atoms. The fourth-order valence-electron chi connectivity index (χ4n) is 4.64. The second kappa shape index (κ2) is 9.13. The van der Waals surface area contributed by atoms with Crippen molar-refractivity contribution in [1.82, 2.24) is 9.78 Å². The Balaban J connectivity index is 1.93. The van der Waals surface area contributed by atoms with Crippen molar-refractivity contribution in [3.05, 3.63) is 35.0 Å². The number of aromatic nitrogens is 2. The number of fused-ring (bicyclic) bond motifs is 1. The summed E-state index contributed by atoms with van der Waals surface area (Å²) in [5.41, 5.74) is -0.305. The van der Waals surface area contributed by atoms with Crippen LogP contribution in [0.2, 0.25) is 0 Å². The third kappa shape index (κ3) is 4.35. The van der Waals surface area contributed by atoms with E-state index in [1.54, 1.807) is 18.2 Å². The maximum absolute atomic E-state index is 14.0. The monoisotopic (exact) mass is 452 g/mol. The third-order valence-corrected chi connectivity index (χ3v) is 6.10. The van der Waals surface area contributed by atoms with Crippen molar-refractivity contribution in [3.63, 3.8) is 0 Å². The van der Waals surface area contributed by atoms with E-state index in [1.807, 2.05) is 0 Å². The first kappa shape index (κ1) is 22.6. The number of hydrogen-bond donors (Lipinski definition) is 1. The topological polar surface area (TPSA) is 73.6 Å². The van der Waals surface area contributed by atoms with Gasteiger partial charge in [-0.25, -0.2) is 4.79 Å². The van der Waals surface area contributed by atoms with E-state index in [2.05, 4.69) is 5.10 Å². The average molecular weight is 452 g/mol. The van der Waals surface area contributed by atoms with Crippen molar-refractivity contribution in [1.29, 1.82) is 0 Å². The number of ether oxygens (including phenoxy) is 2. The predicted octanol–water partition coefficient (Wildman–Crippen LogP) is 5.00. The Hall–Kier alpha value is -2.55. The first-order chi connectivity index (χ1) is 15.3. The number of benzene rings is 1. The molecule has 2 aromatic rings. The summed E-state index contributed by atoms with van der Waals surface area (Å²) in [7, 11) is 0. The lowest BCUT2D eigenvalue weighted by Crippen LogP contribution is -2.20. The van der Waals surface area contributed by atoms with Crippen LogP contribution in [0, 0.1) is 0 Å². The van der Waals surface area contributed by atoms with Crippen LogP contribution in [0.5, 0.6) is 5.75 Å². The van der Waals surface area contributed by atoms with Crippen LogP contribution in [0.25, 0.3) is 11.3 Å². The van der Waals surface area contributed by atoms with Crippen molar-refractivity contribution < 1.29 is 32.5 Å². The fourth-order valence-corrected chi connectivity index (χ4v) is 4.64. The van der Waals surface area contributed by atoms with E-state index in [4.69, 9.17) is 9.47 Å². The molecule has 1 aliphatic heterocycles. The second-order valence-corrected chi connectivity index (χ2v) is 8.27. The zero-order chi connectivity index (χ0) is 22.9. The van der Waals surface area contributed by atoms with E-state index >= 15 is 0 Å². The first-order valence-corrected chi connectivity index (χ1v) is 11.1. The summed E-state index contributed by atoms with van der Waals surface area (Å²) in [6, 6.07) is 4.94. The van der Waals surface area contributed by atoms with Gasteiger partial charge in [0, 0.05) is 5.56 Å². The quantitative estimate of drug-likeness (QED) is 0.647. The molecule has 32 heavy (non-hydrogen) atoms. The van der Waals surface area contributed by atoms with Gasteiger partial charge >= 0.3 is 12.1 Å². The number of hydrogen-bond acceptors (Lipinski definition) is 5. The van der Waals surface area contributed by atoms with Crippen molar-refractivity contribution in [2.45, 2.75) is 70.2 Å². The molecule has 0 radical (unpaired) electrons. The molecule has 1 unspecified atom stereocenters. The van der Waals surface area contributed by atoms with Gasteiger partial charge in [-0.15, -0.1) is 0 Å². The number of carbonyl (C=O) groups is 1. The summed E-state index contributed by atoms with van der Waals surface area (Å²) < 4.78 is 54.0. The zero-order valence-electron chi connectivity index (χ0n) is 18.0. The summed E-state index contributed by atoms with van der Waals surface area (Å²) in [6.07, 6.45) is -1.20. The van der Waals surface area contributed by atoms with Gasteiger partial charge in [0.1, 0.15) is 5.75 Å². The largest absolute Gasteiger partial charge is 0.493 e. The highest BCUT2D eigenvalue weighted by molar-refractivity contribution is 5.81. The maximum Gasteiger partial charge on any atom is 0.435 e. The molecule has 1 atom stereocenters. The Morgan fingerprint density at radius 1 is 1.28 bits per heavy atom. The number of esters is 1. The van der Waals surface area contributed by atoms with E-state index < -0.39 is 29.5 Å². The average Bonchev–Trinajstić information content (AvgIpc) is 3.20. The van der Waals surface area contributed by atoms with Crippen LogP contribution in [0.1, 0.15) is 74.4 Å². The molecule has 0 saturated heterocycles. The molecule has 0 spiro atoms. The number of carbonyl (C=O) groups excluding carboxylic acids is 1. The number of rotatable bonds is 5. The van der Waals surface area contributed by atoms with Gasteiger partial charge < -0.3 is 14.6 Å². The van der Waals surface area contributed by atoms with Crippen LogP contribution in [-0.4, -0.2) is 34.1 Å². The fraction of sp³-hybridized carbons (Fsp3) is 0.565. The highest BCUT2D eigenvalue weighted by Crippen LogP contribution is 2.44. The minimum Gasteiger partial charge on any atom is -0.493 e. The lowest BCUT2D eigenvalue weighted by atomic mass is 9.93. The van der Waals surface area contributed by atoms with Crippen LogP contribution >= 0.6 is 0 Å². The lowest BCUT2D eigenvalue weighted by molar-refractivity contribution is -0.155. The van der Waals surface area contributed by atoms with Gasteiger partial charge in [0.15, 0.2) is 11.8 Å². The number of halogens is 3. The van der Waals surface area contributed by atoms with Gasteiger partial charge in [-0.2, -0.15) is 18.3 Å². The normalized spacial score (nSPS) is 18.0. The van der Waals surface area contributed by atoms with Gasteiger partial charge in [-0.1, -0.05) is 19.3 Å². The van der Waals surface area contributed by atoms with E-state index in [0.717, 1.165) is 37.7 Å². The molecule has 2 aliphatic rings. The van der Waals surface area contributed by atoms with Gasteiger partial charge in [-0.3, -0.25) is 4.68 Å². The van der Waals surface area contributed by atoms with Gasteiger partial charge in [0.2, 0.25) is 0 Å². The highest BCUT2D eigenvalue weighted by Gasteiger charge is 2.44. The maximum atomic E-state index is 14.0. The van der Waals surface area contributed by atoms with Crippen LogP contribution < -0.4 is 4.74 Å². The van der Waals surface area contributed by atoms with Gasteiger partial charge in [0.25, 0.3) is 0 Å². The molecule has 9 heteroatoms. The number of aliphatic hydroxyl groups excluding tert-OH is 1. The summed E-state index contributed by atoms with van der Waals surface area (Å²) >= 11 is 0. The van der Waals surface area contributed by atoms with Crippen LogP contribution in [0.4, 0.5) is 13.2 Å². The summed E-state index contributed by atoms with van der Waals surface area (Å²) in [5, 5.41) is 14.7. The van der Waals surface area contributed by atoms with Crippen molar-refractivity contribution in [2.75, 3.05) is 13.2 Å². The minimum atomic E-state index is -4.84. The van der Waals surface area contributed by atoms with E-state index in [0.29, 0.717) is 30.8 Å². The lowest BCUT2D eigenvalue weighted by Gasteiger charge is -2.25. The number of aryl methyl sites for hydroxylation is 1. The van der Waals surface area contributed by atoms with Gasteiger partial charge in [-0.05, 0) is 56.4 Å². The molecule has 0 amide bonds. The number of aliphatic hydroxyl groups is 1. The van der Waals surface area contributed by atoms with E-state index in [-0.39, 0.29) is 18.3 Å². The summed E-state index contributed by atoms with van der Waals surface area (Å²) in [5.74, 6) is -0.420. The van der Waals surface area contributed by atoms with Crippen LogP contribution in [-0.2, 0) is 22.1 Å². The highest BCUT2D eigenvalue weighted by atomic mass is 19.4. The van der Waals surface area contributed by atoms with Crippen LogP contribution in [0.15, 0.2) is 18.2 Å². The smallest absolute Gasteiger partial charge is 0.435 e. The molecule has 1 aromatic carbocycles. The third-order valence-electron chi connectivity index (χ3n) is 6.10. The van der Waals surface area contributed by atoms with E-state index in [9.17, 15) is 23.1 Å². The molecule has 4 rings (SSSR count). The molecule has 1 saturated carbocycles. The Morgan fingerprint density at radius 3 is 2.72 bits per heavy atom. The van der Waals surface area contributed by atoms with Crippen LogP contribution in [0.3, 0.4) is 0 Å². The van der Waals surface area contributed by atoms with Crippen molar-refractivity contribution >= 4 is 5.97 Å². The second-order valence-electron chi connectivity index (χ2n) is 8.27. The number of nitrogens with zero attached hydrogens (tertiary/aromatic N) is 2. The molecular formula is C23H27F3N2O4. The Kier molecular flexibility index (Phi) is 6.46. The summed E-state index contributed by atoms with van der Waals surface area (Å²) in [6.45, 7) is 2.07. The van der Waals surface area contributed by atoms with Crippen molar-refractivity contribution in [3.8, 4) is 17.0 Å². The standard InChI is InChI=1S/C23H27F3N2O4/c1-2-31-22(30)20(29)18-19(15-10-11-17-14(13-15)7-6-12-32-17)28(16-8-4-3-5-9-16)27-21(18)23(24,25)26/h10-11,13,16,20,29H,2-9,12H2,1H3. The Morgan fingerprint density at radius 2 is 2.03 bits per heavy atom. The molecule has 2 heterocycles. The first-order valence-electron chi connectivity index (χ1n) is 11.1. The minimum absolute atomic E-state index is 0.0560. The predicted molar refractivity (Wildman–Crippen MR) is 110 cm³/mol. The van der Waals surface area contributed by atoms with Gasteiger partial charge in [0.05, 0.1) is 30.5 Å². The zero-order valence-corrected chi connectivity index (χ0v) is 18.0. The molecule has 1 aliphatic carbocycles. The van der Waals surface area contributed by atoms with Crippen molar-refractivity contribution in [2.24, 2.45) is 0 Å². The molecule has 1 N–H and O–H groups in total. The molecule has 174 valence electrons. The molecule has 1 fully saturated rings. The molecule has 6 nitrogen and oxygen atoms in total. The Bertz CT molecular complexity index is 980. The molecule has 1 aromatic heterocycles. The number of alkyl halides is 3. The summed E-state index contributed by atoms with van der Waals surface area (Å²) in [4.78, 5) is 12.3. The van der Waals surface area contributed by atoms with E-state index in [1.165, 1.54) is 11.6 Å². The molecular weight excluding hydrogens is 425 g/mol. The Labute approximate surface area is 184 Å².